The Hall–Kier alpha value is -1.72. The fourth-order valence-electron chi connectivity index (χ4n) is 3.02. The number of amides is 1. The van der Waals surface area contributed by atoms with Gasteiger partial charge in [-0.25, -0.2) is 0 Å². The highest BCUT2D eigenvalue weighted by Gasteiger charge is 2.25. The molecule has 0 aromatic carbocycles. The van der Waals surface area contributed by atoms with Gasteiger partial charge in [0.25, 0.3) is 5.91 Å². The molecule has 1 amide bonds. The molecule has 3 rings (SSSR count). The minimum atomic E-state index is -0.0509. The summed E-state index contributed by atoms with van der Waals surface area (Å²) in [5, 5.41) is 5.19. The van der Waals surface area contributed by atoms with E-state index in [0.29, 0.717) is 12.1 Å². The van der Waals surface area contributed by atoms with Crippen LogP contribution in [0.1, 0.15) is 41.0 Å². The zero-order valence-electron chi connectivity index (χ0n) is 13.4. The van der Waals surface area contributed by atoms with Crippen molar-refractivity contribution in [3.05, 3.63) is 52.5 Å². The summed E-state index contributed by atoms with van der Waals surface area (Å²) in [6.45, 7) is 5.17. The van der Waals surface area contributed by atoms with Gasteiger partial charge < -0.3 is 5.32 Å². The van der Waals surface area contributed by atoms with Crippen LogP contribution in [0, 0.1) is 5.92 Å². The van der Waals surface area contributed by atoms with Crippen LogP contribution in [0.25, 0.3) is 0 Å². The van der Waals surface area contributed by atoms with Gasteiger partial charge in [-0.1, -0.05) is 13.0 Å². The predicted molar refractivity (Wildman–Crippen MR) is 93.6 cm³/mol. The Morgan fingerprint density at radius 1 is 1.39 bits per heavy atom. The van der Waals surface area contributed by atoms with E-state index in [1.165, 1.54) is 17.7 Å². The zero-order chi connectivity index (χ0) is 16.1. The van der Waals surface area contributed by atoms with E-state index >= 15 is 0 Å². The number of nitrogens with zero attached hydrogens (tertiary/aromatic N) is 2. The van der Waals surface area contributed by atoms with Crippen molar-refractivity contribution in [3.8, 4) is 0 Å². The van der Waals surface area contributed by atoms with Crippen molar-refractivity contribution < 1.29 is 4.79 Å². The molecular weight excluding hydrogens is 306 g/mol. The quantitative estimate of drug-likeness (QED) is 0.915. The molecule has 0 spiro atoms. The third-order valence-electron chi connectivity index (χ3n) is 4.51. The van der Waals surface area contributed by atoms with Gasteiger partial charge in [0.05, 0.1) is 11.6 Å². The van der Waals surface area contributed by atoms with Gasteiger partial charge in [0.15, 0.2) is 0 Å². The Morgan fingerprint density at radius 3 is 2.87 bits per heavy atom. The predicted octanol–water partition coefficient (Wildman–Crippen LogP) is 3.35. The number of nitrogens with one attached hydrogen (secondary N) is 1. The summed E-state index contributed by atoms with van der Waals surface area (Å²) in [4.78, 5) is 20.1. The number of thiophene rings is 1. The summed E-state index contributed by atoms with van der Waals surface area (Å²) >= 11 is 1.77. The number of pyridine rings is 1. The van der Waals surface area contributed by atoms with Crippen LogP contribution in [-0.2, 0) is 0 Å². The third kappa shape index (κ3) is 4.18. The van der Waals surface area contributed by atoms with Crippen molar-refractivity contribution in [1.82, 2.24) is 15.2 Å². The molecule has 1 aliphatic rings. The molecule has 1 aliphatic heterocycles. The highest BCUT2D eigenvalue weighted by atomic mass is 32.1. The number of aromatic nitrogens is 1. The Kier molecular flexibility index (Phi) is 5.41. The van der Waals surface area contributed by atoms with E-state index in [1.54, 1.807) is 35.9 Å². The van der Waals surface area contributed by atoms with Gasteiger partial charge in [0, 0.05) is 23.8 Å². The fraction of sp³-hybridized carbons (Fsp3) is 0.444. The van der Waals surface area contributed by atoms with Crippen LogP contribution in [0.3, 0.4) is 0 Å². The molecule has 5 heteroatoms. The van der Waals surface area contributed by atoms with Gasteiger partial charge in [-0.15, -0.1) is 11.3 Å². The van der Waals surface area contributed by atoms with Crippen LogP contribution >= 0.6 is 11.3 Å². The van der Waals surface area contributed by atoms with Gasteiger partial charge in [-0.3, -0.25) is 14.7 Å². The first-order chi connectivity index (χ1) is 11.2. The maximum atomic E-state index is 12.3. The Morgan fingerprint density at radius 2 is 2.22 bits per heavy atom. The Bertz CT molecular complexity index is 606. The van der Waals surface area contributed by atoms with Gasteiger partial charge in [0.2, 0.25) is 0 Å². The molecule has 2 aromatic heterocycles. The average molecular weight is 329 g/mol. The summed E-state index contributed by atoms with van der Waals surface area (Å²) in [6.07, 6.45) is 5.76. The van der Waals surface area contributed by atoms with E-state index in [9.17, 15) is 4.79 Å². The third-order valence-corrected chi connectivity index (χ3v) is 5.48. The second-order valence-electron chi connectivity index (χ2n) is 6.20. The molecule has 0 aliphatic carbocycles. The van der Waals surface area contributed by atoms with E-state index < -0.39 is 0 Å². The molecule has 0 bridgehead atoms. The molecule has 3 heterocycles. The molecule has 2 aromatic rings. The highest BCUT2D eigenvalue weighted by Crippen LogP contribution is 2.29. The van der Waals surface area contributed by atoms with Gasteiger partial charge >= 0.3 is 0 Å². The van der Waals surface area contributed by atoms with Crippen molar-refractivity contribution >= 4 is 17.2 Å². The van der Waals surface area contributed by atoms with Crippen LogP contribution in [0.15, 0.2) is 42.0 Å². The molecular formula is C18H23N3OS. The zero-order valence-corrected chi connectivity index (χ0v) is 14.3. The monoisotopic (exact) mass is 329 g/mol. The summed E-state index contributed by atoms with van der Waals surface area (Å²) in [5.41, 5.74) is 0.615. The molecule has 1 saturated heterocycles. The van der Waals surface area contributed by atoms with Crippen LogP contribution in [0.4, 0.5) is 0 Å². The number of carbonyl (C=O) groups excluding carboxylic acids is 1. The first kappa shape index (κ1) is 16.1. The maximum absolute atomic E-state index is 12.3. The smallest absolute Gasteiger partial charge is 0.252 e. The Labute approximate surface area is 141 Å². The van der Waals surface area contributed by atoms with Crippen LogP contribution in [0.5, 0.6) is 0 Å². The van der Waals surface area contributed by atoms with Crippen LogP contribution in [0.2, 0.25) is 0 Å². The highest BCUT2D eigenvalue weighted by molar-refractivity contribution is 7.10. The van der Waals surface area contributed by atoms with Crippen LogP contribution in [-0.4, -0.2) is 35.4 Å². The molecule has 1 fully saturated rings. The maximum Gasteiger partial charge on any atom is 0.252 e. The lowest BCUT2D eigenvalue weighted by Crippen LogP contribution is -2.41. The van der Waals surface area contributed by atoms with E-state index in [4.69, 9.17) is 0 Å². The Balaban J connectivity index is 1.66. The number of likely N-dealkylation sites (tertiary alicyclic amines) is 1. The second kappa shape index (κ2) is 7.70. The van der Waals surface area contributed by atoms with Crippen molar-refractivity contribution in [1.29, 1.82) is 0 Å². The van der Waals surface area contributed by atoms with Crippen molar-refractivity contribution in [2.45, 2.75) is 25.8 Å². The van der Waals surface area contributed by atoms with E-state index in [1.807, 2.05) is 0 Å². The largest absolute Gasteiger partial charge is 0.350 e. The molecule has 1 unspecified atom stereocenters. The van der Waals surface area contributed by atoms with E-state index in [-0.39, 0.29) is 11.9 Å². The SMILES string of the molecule is CC1CCN(C(CNC(=O)c2cccnc2)c2cccs2)CC1. The summed E-state index contributed by atoms with van der Waals surface area (Å²) in [6, 6.07) is 8.11. The molecule has 0 saturated carbocycles. The average Bonchev–Trinajstić information content (AvgIpc) is 3.11. The number of rotatable bonds is 5. The molecule has 1 N–H and O–H groups in total. The molecule has 0 radical (unpaired) electrons. The number of carbonyl (C=O) groups is 1. The van der Waals surface area contributed by atoms with Crippen molar-refractivity contribution in [2.24, 2.45) is 5.92 Å². The minimum Gasteiger partial charge on any atom is -0.350 e. The summed E-state index contributed by atoms with van der Waals surface area (Å²) < 4.78 is 0. The first-order valence-corrected chi connectivity index (χ1v) is 9.07. The topological polar surface area (TPSA) is 45.2 Å². The van der Waals surface area contributed by atoms with Gasteiger partial charge in [-0.05, 0) is 55.4 Å². The summed E-state index contributed by atoms with van der Waals surface area (Å²) in [5.74, 6) is 0.755. The lowest BCUT2D eigenvalue weighted by atomic mass is 9.97. The summed E-state index contributed by atoms with van der Waals surface area (Å²) in [7, 11) is 0. The molecule has 1 atom stereocenters. The van der Waals surface area contributed by atoms with Gasteiger partial charge in [-0.2, -0.15) is 0 Å². The normalized spacial score (nSPS) is 17.8. The number of hydrogen-bond donors (Lipinski definition) is 1. The number of hydrogen-bond acceptors (Lipinski definition) is 4. The van der Waals surface area contributed by atoms with Crippen molar-refractivity contribution in [3.63, 3.8) is 0 Å². The van der Waals surface area contributed by atoms with Crippen molar-refractivity contribution in [2.75, 3.05) is 19.6 Å². The van der Waals surface area contributed by atoms with Gasteiger partial charge in [0.1, 0.15) is 0 Å². The first-order valence-electron chi connectivity index (χ1n) is 8.19. The molecule has 4 nitrogen and oxygen atoms in total. The van der Waals surface area contributed by atoms with Crippen LogP contribution < -0.4 is 5.32 Å². The lowest BCUT2D eigenvalue weighted by Gasteiger charge is -2.36. The number of piperidine rings is 1. The van der Waals surface area contributed by atoms with E-state index in [2.05, 4.69) is 39.6 Å². The molecule has 122 valence electrons. The van der Waals surface area contributed by atoms with E-state index in [0.717, 1.165) is 19.0 Å². The lowest BCUT2D eigenvalue weighted by molar-refractivity contribution is 0.0914. The fourth-order valence-corrected chi connectivity index (χ4v) is 3.88. The molecule has 23 heavy (non-hydrogen) atoms. The minimum absolute atomic E-state index is 0.0509. The second-order valence-corrected chi connectivity index (χ2v) is 7.18. The standard InChI is InChI=1S/C18H23N3OS/c1-14-6-9-21(10-7-14)16(17-5-3-11-23-17)13-20-18(22)15-4-2-8-19-12-15/h2-5,8,11-12,14,16H,6-7,9-10,13H2,1H3,(H,20,22).